The number of anilines is 6. The number of guanidine groups is 6. The van der Waals surface area contributed by atoms with Crippen molar-refractivity contribution in [3.63, 3.8) is 0 Å². The van der Waals surface area contributed by atoms with Gasteiger partial charge in [-0.15, -0.1) is 0 Å². The molecule has 0 saturated heterocycles. The van der Waals surface area contributed by atoms with Crippen LogP contribution in [0.3, 0.4) is 0 Å². The van der Waals surface area contributed by atoms with Crippen LogP contribution >= 0.6 is 0 Å². The number of hydrogen-bond donors (Lipinski definition) is 0. The third-order valence-electron chi connectivity index (χ3n) is 10.8. The molecule has 6 aromatic carbocycles. The summed E-state index contributed by atoms with van der Waals surface area (Å²) < 4.78 is 166. The van der Waals surface area contributed by atoms with Crippen LogP contribution in [0.1, 0.15) is 33.4 Å². The number of rotatable bonds is 6. The fourth-order valence-electron chi connectivity index (χ4n) is 7.28. The molecule has 0 amide bonds. The number of halogens is 12. The van der Waals surface area contributed by atoms with Crippen LogP contribution in [0, 0.1) is 13.8 Å². The van der Waals surface area contributed by atoms with Crippen LogP contribution in [0.25, 0.3) is 0 Å². The predicted molar refractivity (Wildman–Crippen MR) is 241 cm³/mol. The van der Waals surface area contributed by atoms with Gasteiger partial charge in [0.1, 0.15) is 0 Å². The van der Waals surface area contributed by atoms with Crippen molar-refractivity contribution in [3.8, 4) is 0 Å². The zero-order valence-corrected chi connectivity index (χ0v) is 35.9. The van der Waals surface area contributed by atoms with Crippen molar-refractivity contribution in [1.29, 1.82) is 0 Å². The van der Waals surface area contributed by atoms with Crippen molar-refractivity contribution in [2.24, 2.45) is 30.0 Å². The van der Waals surface area contributed by atoms with Crippen LogP contribution in [0.4, 0.5) is 86.8 Å². The molecule has 0 bridgehead atoms. The van der Waals surface area contributed by atoms with E-state index in [0.29, 0.717) is 11.4 Å². The Kier molecular flexibility index (Phi) is 11.6. The first kappa shape index (κ1) is 46.8. The number of benzene rings is 6. The summed E-state index contributed by atoms with van der Waals surface area (Å²) in [6.45, 7) is 3.60. The molecule has 10 nitrogen and oxygen atoms in total. The van der Waals surface area contributed by atoms with E-state index in [1.807, 2.05) is 0 Å². The van der Waals surface area contributed by atoms with Crippen LogP contribution in [0.2, 0.25) is 0 Å². The SMILES string of the molecule is Cc1ccc(N(C2=NC3=NC(N(c4ccc(C(F)(F)F)cc4)c4ccc(C(F)(F)F)cc4)=NC4=NC(N(c5ccc(C)cc5)c5ccc(C(F)(F)F)cc5)=NC(=N2)N34)c2ccc(C(F)(F)F)cc2)cc1. The number of alkyl halides is 12. The molecule has 3 heterocycles. The molecule has 70 heavy (non-hydrogen) atoms. The summed E-state index contributed by atoms with van der Waals surface area (Å²) in [5.41, 5.74) is -1.63. The molecular formula is C48H30F12N10. The first-order chi connectivity index (χ1) is 33.0. The minimum atomic E-state index is -4.77. The second-order valence-electron chi connectivity index (χ2n) is 15.7. The Morgan fingerprint density at radius 2 is 0.471 bits per heavy atom. The van der Waals surface area contributed by atoms with Crippen LogP contribution in [0.5, 0.6) is 0 Å². The van der Waals surface area contributed by atoms with E-state index in [-0.39, 0.29) is 52.5 Å². The van der Waals surface area contributed by atoms with Gasteiger partial charge in [-0.2, -0.15) is 82.6 Å². The van der Waals surface area contributed by atoms with Gasteiger partial charge in [-0.1, -0.05) is 35.4 Å². The maximum atomic E-state index is 13.8. The number of nitrogens with zero attached hydrogens (tertiary/aromatic N) is 10. The molecule has 3 aliphatic heterocycles. The number of aryl methyl sites for hydroxylation is 2. The zero-order valence-electron chi connectivity index (χ0n) is 35.9. The largest absolute Gasteiger partial charge is 0.416 e. The lowest BCUT2D eigenvalue weighted by Gasteiger charge is -2.36. The average Bonchev–Trinajstić information content (AvgIpc) is 3.30. The van der Waals surface area contributed by atoms with Crippen LogP contribution in [-0.2, 0) is 24.7 Å². The van der Waals surface area contributed by atoms with Gasteiger partial charge >= 0.3 is 24.7 Å². The topological polar surface area (TPSA) is 87.1 Å². The number of hydrogen-bond acceptors (Lipinski definition) is 10. The lowest BCUT2D eigenvalue weighted by Crippen LogP contribution is -2.51. The Morgan fingerprint density at radius 1 is 0.286 bits per heavy atom. The lowest BCUT2D eigenvalue weighted by atomic mass is 10.1. The molecule has 22 heteroatoms. The molecule has 0 radical (unpaired) electrons. The molecule has 0 unspecified atom stereocenters. The maximum absolute atomic E-state index is 13.8. The average molecular weight is 975 g/mol. The van der Waals surface area contributed by atoms with Crippen LogP contribution in [0.15, 0.2) is 176 Å². The zero-order chi connectivity index (χ0) is 49.9. The molecule has 356 valence electrons. The molecule has 0 aliphatic carbocycles. The molecular weight excluding hydrogens is 945 g/mol. The molecule has 0 N–H and O–H groups in total. The smallest absolute Gasteiger partial charge is 0.279 e. The summed E-state index contributed by atoms with van der Waals surface area (Å²) in [4.78, 5) is 33.3. The van der Waals surface area contributed by atoms with Gasteiger partial charge in [-0.3, -0.25) is 14.7 Å². The minimum Gasteiger partial charge on any atom is -0.279 e. The summed E-state index contributed by atoms with van der Waals surface area (Å²) in [5.74, 6) is -1.85. The predicted octanol–water partition coefficient (Wildman–Crippen LogP) is 13.7. The van der Waals surface area contributed by atoms with E-state index < -0.39 is 52.9 Å². The Hall–Kier alpha value is -8.30. The molecule has 9 rings (SSSR count). The molecule has 0 spiro atoms. The molecule has 6 aromatic rings. The van der Waals surface area contributed by atoms with Crippen molar-refractivity contribution in [1.82, 2.24) is 4.90 Å². The fraction of sp³-hybridized carbons (Fsp3) is 0.125. The van der Waals surface area contributed by atoms with E-state index >= 15 is 0 Å². The van der Waals surface area contributed by atoms with Gasteiger partial charge in [0.25, 0.3) is 0 Å². The van der Waals surface area contributed by atoms with E-state index in [2.05, 4.69) is 9.98 Å². The first-order valence-corrected chi connectivity index (χ1v) is 20.6. The van der Waals surface area contributed by atoms with Gasteiger partial charge in [-0.05, 0) is 135 Å². The summed E-state index contributed by atoms with van der Waals surface area (Å²) in [6, 6.07) is 28.7. The van der Waals surface area contributed by atoms with E-state index in [9.17, 15) is 52.7 Å². The van der Waals surface area contributed by atoms with Gasteiger partial charge in [-0.25, -0.2) is 4.90 Å². The van der Waals surface area contributed by atoms with Gasteiger partial charge in [0.2, 0.25) is 35.8 Å². The van der Waals surface area contributed by atoms with Gasteiger partial charge in [0, 0.05) is 34.1 Å². The van der Waals surface area contributed by atoms with Gasteiger partial charge in [0.05, 0.1) is 22.3 Å². The highest BCUT2D eigenvalue weighted by Crippen LogP contribution is 2.39. The van der Waals surface area contributed by atoms with Crippen LogP contribution < -0.4 is 14.7 Å². The normalized spacial score (nSPS) is 14.9. The monoisotopic (exact) mass is 974 g/mol. The molecule has 0 aromatic heterocycles. The highest BCUT2D eigenvalue weighted by Gasteiger charge is 2.41. The maximum Gasteiger partial charge on any atom is 0.416 e. The fourth-order valence-corrected chi connectivity index (χ4v) is 7.28. The number of aliphatic imine (C=N–C) groups is 6. The second-order valence-corrected chi connectivity index (χ2v) is 15.7. The van der Waals surface area contributed by atoms with Crippen molar-refractivity contribution in [3.05, 3.63) is 179 Å². The summed E-state index contributed by atoms with van der Waals surface area (Å²) in [5, 5.41) is 0. The van der Waals surface area contributed by atoms with Crippen LogP contribution in [-0.4, -0.2) is 40.7 Å². The Labute approximate surface area is 388 Å². The van der Waals surface area contributed by atoms with Gasteiger partial charge < -0.3 is 0 Å². The third kappa shape index (κ3) is 9.43. The van der Waals surface area contributed by atoms with Crippen molar-refractivity contribution >= 4 is 69.9 Å². The molecule has 0 saturated carbocycles. The summed E-state index contributed by atoms with van der Waals surface area (Å²) in [7, 11) is 0. The summed E-state index contributed by atoms with van der Waals surface area (Å²) >= 11 is 0. The highest BCUT2D eigenvalue weighted by atomic mass is 19.4. The van der Waals surface area contributed by atoms with E-state index in [0.717, 1.165) is 93.7 Å². The van der Waals surface area contributed by atoms with Crippen molar-refractivity contribution < 1.29 is 52.7 Å². The Balaban J connectivity index is 1.29. The second kappa shape index (κ2) is 17.3. The van der Waals surface area contributed by atoms with Crippen molar-refractivity contribution in [2.75, 3.05) is 14.7 Å². The minimum absolute atomic E-state index is 0.0689. The molecule has 3 aliphatic rings. The van der Waals surface area contributed by atoms with E-state index in [1.165, 1.54) is 34.1 Å². The first-order valence-electron chi connectivity index (χ1n) is 20.6. The molecule has 0 fully saturated rings. The lowest BCUT2D eigenvalue weighted by molar-refractivity contribution is -0.138. The Bertz CT molecular complexity index is 2970. The summed E-state index contributed by atoms with van der Waals surface area (Å²) in [6.07, 6.45) is -18.9. The highest BCUT2D eigenvalue weighted by molar-refractivity contribution is 6.34. The standard InChI is InChI=1S/C48H30F12N10/c1-27-3-15-33(16-4-27)67(35-19-7-29(8-20-35)45(49,50)51)39-61-42-62-40(68(34-17-5-28(2)6-18-34)36-21-9-30(10-22-36)46(52,53)54)64-44-66-41(65-43(63-39)70(42)44)69(37-23-11-31(12-24-37)47(55,56)57)38-25-13-32(14-26-38)48(58,59)60/h3-26H,1-2H3. The quantitative estimate of drug-likeness (QED) is 0.156. The Morgan fingerprint density at radius 3 is 0.657 bits per heavy atom. The molecule has 0 atom stereocenters. The van der Waals surface area contributed by atoms with Gasteiger partial charge in [0.15, 0.2) is 0 Å². The van der Waals surface area contributed by atoms with E-state index in [4.69, 9.17) is 20.0 Å². The van der Waals surface area contributed by atoms with Crippen molar-refractivity contribution in [2.45, 2.75) is 38.6 Å². The third-order valence-corrected chi connectivity index (χ3v) is 10.8. The van der Waals surface area contributed by atoms with E-state index in [1.54, 1.807) is 62.4 Å².